The molecular weight excluding hydrogens is 588 g/mol. The monoisotopic (exact) mass is 634 g/mol. The molecule has 3 aromatic rings. The molecule has 3 aliphatic heterocycles. The van der Waals surface area contributed by atoms with Crippen LogP contribution >= 0.6 is 0 Å². The Morgan fingerprint density at radius 2 is 1.64 bits per heavy atom. The topological polar surface area (TPSA) is 74.4 Å². The Labute approximate surface area is 278 Å². The molecule has 3 aromatic carbocycles. The number of benzene rings is 3. The highest BCUT2D eigenvalue weighted by Gasteiger charge is 2.42. The summed E-state index contributed by atoms with van der Waals surface area (Å²) in [4.78, 5) is 34.8. The van der Waals surface area contributed by atoms with Gasteiger partial charge in [0.25, 0.3) is 0 Å². The molecule has 1 fully saturated rings. The highest BCUT2D eigenvalue weighted by Crippen LogP contribution is 2.48. The Bertz CT molecular complexity index is 1710. The van der Waals surface area contributed by atoms with Crippen LogP contribution in [0.3, 0.4) is 0 Å². The van der Waals surface area contributed by atoms with Crippen LogP contribution in [0.2, 0.25) is 0 Å². The summed E-state index contributed by atoms with van der Waals surface area (Å²) in [5.41, 5.74) is 6.91. The lowest BCUT2D eigenvalue weighted by molar-refractivity contribution is -0.131. The van der Waals surface area contributed by atoms with Crippen LogP contribution in [0.15, 0.2) is 78.0 Å². The quantitative estimate of drug-likeness (QED) is 0.336. The first-order valence-corrected chi connectivity index (χ1v) is 16.8. The summed E-state index contributed by atoms with van der Waals surface area (Å²) in [6.45, 7) is 15.1. The number of hydrogen-bond acceptors (Lipinski definition) is 7. The second-order valence-corrected chi connectivity index (χ2v) is 15.2. The molecule has 8 nitrogen and oxygen atoms in total. The Hall–Kier alpha value is -4.30. The summed E-state index contributed by atoms with van der Waals surface area (Å²) < 4.78 is 11.0. The van der Waals surface area contributed by atoms with Crippen molar-refractivity contribution in [1.82, 2.24) is 9.80 Å². The smallest absolute Gasteiger partial charge is 0.242 e. The molecule has 0 aromatic heterocycles. The fraction of sp³-hybridized carbons (Fsp3) is 0.436. The van der Waals surface area contributed by atoms with Crippen LogP contribution in [-0.4, -0.2) is 61.0 Å². The van der Waals surface area contributed by atoms with Crippen molar-refractivity contribution < 1.29 is 19.1 Å². The molecule has 1 aliphatic carbocycles. The molecule has 0 saturated carbocycles. The summed E-state index contributed by atoms with van der Waals surface area (Å²) in [5, 5.41) is 3.68. The van der Waals surface area contributed by atoms with Crippen LogP contribution < -0.4 is 19.7 Å². The minimum absolute atomic E-state index is 0.00573. The number of piperazine rings is 1. The average Bonchev–Trinajstić information content (AvgIpc) is 3.45. The van der Waals surface area contributed by atoms with Crippen molar-refractivity contribution in [1.29, 1.82) is 0 Å². The van der Waals surface area contributed by atoms with Gasteiger partial charge in [0.2, 0.25) is 12.7 Å². The van der Waals surface area contributed by atoms with E-state index in [1.54, 1.807) is 0 Å². The number of carbonyl (C=O) groups excluding carboxylic acids is 2. The molecule has 8 heteroatoms. The van der Waals surface area contributed by atoms with Crippen LogP contribution in [0.4, 0.5) is 11.4 Å². The highest BCUT2D eigenvalue weighted by molar-refractivity contribution is 6.02. The molecule has 246 valence electrons. The number of rotatable bonds is 5. The van der Waals surface area contributed by atoms with Crippen molar-refractivity contribution in [2.24, 2.45) is 5.41 Å². The van der Waals surface area contributed by atoms with Crippen LogP contribution in [0.5, 0.6) is 11.5 Å². The van der Waals surface area contributed by atoms with E-state index in [1.165, 1.54) is 11.1 Å². The number of carbonyl (C=O) groups is 2. The molecule has 1 saturated heterocycles. The number of nitrogens with one attached hydrogen (secondary N) is 1. The number of ether oxygens (including phenoxy) is 2. The van der Waals surface area contributed by atoms with E-state index >= 15 is 0 Å². The first-order valence-electron chi connectivity index (χ1n) is 16.8. The molecule has 7 rings (SSSR count). The van der Waals surface area contributed by atoms with Crippen molar-refractivity contribution in [2.45, 2.75) is 65.5 Å². The molecule has 3 heterocycles. The standard InChI is InChI=1S/C39H46N4O4/c1-38(2,3)28-13-11-27(12-14-28)37-36-30(21-39(4,5)22-32(36)44)40-29-8-6-7-9-31(29)43(37)24-35(45)42-18-16-41(17-19-42)23-26-10-15-33-34(20-26)47-25-46-33/h6-15,20,37,40H,16-19,21-25H2,1-5H3. The number of nitrogens with zero attached hydrogens (tertiary/aromatic N) is 3. The van der Waals surface area contributed by atoms with Crippen molar-refractivity contribution in [3.8, 4) is 11.5 Å². The van der Waals surface area contributed by atoms with Gasteiger partial charge in [0.15, 0.2) is 17.3 Å². The summed E-state index contributed by atoms with van der Waals surface area (Å²) in [6.07, 6.45) is 1.25. The fourth-order valence-corrected chi connectivity index (χ4v) is 7.44. The Balaban J connectivity index is 1.17. The third-order valence-corrected chi connectivity index (χ3v) is 9.97. The highest BCUT2D eigenvalue weighted by atomic mass is 16.7. The number of ketones is 1. The van der Waals surface area contributed by atoms with E-state index in [-0.39, 0.29) is 41.9 Å². The summed E-state index contributed by atoms with van der Waals surface area (Å²) in [7, 11) is 0. The van der Waals surface area contributed by atoms with E-state index in [9.17, 15) is 9.59 Å². The van der Waals surface area contributed by atoms with E-state index in [4.69, 9.17) is 9.47 Å². The van der Waals surface area contributed by atoms with Crippen LogP contribution in [0, 0.1) is 5.41 Å². The molecule has 1 N–H and O–H groups in total. The van der Waals surface area contributed by atoms with Crippen LogP contribution in [0.1, 0.15) is 70.2 Å². The van der Waals surface area contributed by atoms with Gasteiger partial charge < -0.3 is 24.6 Å². The maximum absolute atomic E-state index is 14.2. The summed E-state index contributed by atoms with van der Waals surface area (Å²) in [6, 6.07) is 22.6. The predicted molar refractivity (Wildman–Crippen MR) is 185 cm³/mol. The molecule has 1 unspecified atom stereocenters. The van der Waals surface area contributed by atoms with Crippen molar-refractivity contribution >= 4 is 23.1 Å². The van der Waals surface area contributed by atoms with Gasteiger partial charge in [-0.25, -0.2) is 0 Å². The second-order valence-electron chi connectivity index (χ2n) is 15.2. The summed E-state index contributed by atoms with van der Waals surface area (Å²) >= 11 is 0. The van der Waals surface area contributed by atoms with Crippen LogP contribution in [0.25, 0.3) is 0 Å². The van der Waals surface area contributed by atoms with E-state index in [0.717, 1.165) is 65.8 Å². The third-order valence-electron chi connectivity index (χ3n) is 9.97. The molecular formula is C39H46N4O4. The van der Waals surface area contributed by atoms with E-state index in [0.29, 0.717) is 19.5 Å². The van der Waals surface area contributed by atoms with Crippen molar-refractivity contribution in [3.05, 3.63) is 94.7 Å². The summed E-state index contributed by atoms with van der Waals surface area (Å²) in [5.74, 6) is 1.81. The van der Waals surface area contributed by atoms with Crippen LogP contribution in [-0.2, 0) is 21.5 Å². The zero-order chi connectivity index (χ0) is 32.9. The van der Waals surface area contributed by atoms with E-state index in [2.05, 4.69) is 98.3 Å². The molecule has 4 aliphatic rings. The SMILES string of the molecule is CC1(C)CC(=O)C2=C(C1)Nc1ccccc1N(CC(=O)N1CCN(Cc3ccc4c(c3)OCO4)CC1)C2c1ccc(C(C)(C)C)cc1. The number of anilines is 2. The van der Waals surface area contributed by atoms with Gasteiger partial charge in [0, 0.05) is 50.4 Å². The van der Waals surface area contributed by atoms with Gasteiger partial charge >= 0.3 is 0 Å². The minimum Gasteiger partial charge on any atom is -0.454 e. The predicted octanol–water partition coefficient (Wildman–Crippen LogP) is 6.67. The Kier molecular flexibility index (Phi) is 8.03. The lowest BCUT2D eigenvalue weighted by atomic mass is 9.73. The molecule has 47 heavy (non-hydrogen) atoms. The molecule has 0 radical (unpaired) electrons. The second kappa shape index (κ2) is 12.1. The molecule has 1 amide bonds. The molecule has 0 bridgehead atoms. The largest absolute Gasteiger partial charge is 0.454 e. The number of allylic oxidation sites excluding steroid dienone is 1. The van der Waals surface area contributed by atoms with Gasteiger partial charge in [-0.05, 0) is 58.2 Å². The number of amides is 1. The van der Waals surface area contributed by atoms with Gasteiger partial charge in [0.1, 0.15) is 0 Å². The molecule has 1 atom stereocenters. The zero-order valence-corrected chi connectivity index (χ0v) is 28.3. The number of fused-ring (bicyclic) bond motifs is 2. The van der Waals surface area contributed by atoms with Crippen molar-refractivity contribution in [3.63, 3.8) is 0 Å². The van der Waals surface area contributed by atoms with Gasteiger partial charge in [-0.1, -0.05) is 77.1 Å². The number of Topliss-reactive ketones (excluding diaryl/α,β-unsaturated/α-hetero) is 1. The number of hydrogen-bond donors (Lipinski definition) is 1. The lowest BCUT2D eigenvalue weighted by Crippen LogP contribution is -2.51. The van der Waals surface area contributed by atoms with Crippen molar-refractivity contribution in [2.75, 3.05) is 49.7 Å². The van der Waals surface area contributed by atoms with E-state index in [1.807, 2.05) is 23.1 Å². The maximum Gasteiger partial charge on any atom is 0.242 e. The first kappa shape index (κ1) is 31.3. The van der Waals surface area contributed by atoms with Gasteiger partial charge in [-0.2, -0.15) is 0 Å². The first-order chi connectivity index (χ1) is 22.4. The number of para-hydroxylation sites is 2. The Morgan fingerprint density at radius 3 is 2.38 bits per heavy atom. The maximum atomic E-state index is 14.2. The average molecular weight is 635 g/mol. The zero-order valence-electron chi connectivity index (χ0n) is 28.3. The molecule has 0 spiro atoms. The minimum atomic E-state index is -0.380. The third kappa shape index (κ3) is 6.35. The van der Waals surface area contributed by atoms with E-state index < -0.39 is 0 Å². The van der Waals surface area contributed by atoms with Gasteiger partial charge in [-0.3, -0.25) is 14.5 Å². The normalized spacial score (nSPS) is 20.8. The van der Waals surface area contributed by atoms with Gasteiger partial charge in [0.05, 0.1) is 24.0 Å². The van der Waals surface area contributed by atoms with Gasteiger partial charge in [-0.15, -0.1) is 0 Å². The lowest BCUT2D eigenvalue weighted by Gasteiger charge is -2.40. The fourth-order valence-electron chi connectivity index (χ4n) is 7.44. The Morgan fingerprint density at radius 1 is 0.915 bits per heavy atom.